The van der Waals surface area contributed by atoms with Crippen LogP contribution in [0.2, 0.25) is 0 Å². The van der Waals surface area contributed by atoms with Crippen LogP contribution in [0, 0.1) is 34.6 Å². The van der Waals surface area contributed by atoms with E-state index in [1.807, 2.05) is 128 Å². The molecule has 0 amide bonds. The van der Waals surface area contributed by atoms with Crippen LogP contribution in [0.3, 0.4) is 0 Å². The number of ether oxygens (including phenoxy) is 3. The van der Waals surface area contributed by atoms with Crippen molar-refractivity contribution in [1.29, 1.82) is 0 Å². The largest absolute Gasteiger partial charge is 0.466 e. The maximum absolute atomic E-state index is 12.5. The predicted octanol–water partition coefficient (Wildman–Crippen LogP) is 8.66. The number of rotatable bonds is 25. The minimum Gasteiger partial charge on any atom is -0.466 e. The highest BCUT2D eigenvalue weighted by Gasteiger charge is 2.26. The first-order valence-electron chi connectivity index (χ1n) is 32.8. The van der Waals surface area contributed by atoms with Crippen molar-refractivity contribution in [3.63, 3.8) is 0 Å². The van der Waals surface area contributed by atoms with Crippen molar-refractivity contribution >= 4 is 69.4 Å². The van der Waals surface area contributed by atoms with Crippen LogP contribution in [0.5, 0.6) is 0 Å². The highest BCUT2D eigenvalue weighted by molar-refractivity contribution is 5.85. The first-order valence-corrected chi connectivity index (χ1v) is 32.8. The molecule has 4 aromatic rings. The van der Waals surface area contributed by atoms with E-state index in [4.69, 9.17) is 14.2 Å². The smallest absolute Gasteiger partial charge is 0.349 e. The summed E-state index contributed by atoms with van der Waals surface area (Å²) in [6.07, 6.45) is 10.7. The maximum atomic E-state index is 12.5. The number of aromatic nitrogens is 10. The number of aromatic amines is 3. The van der Waals surface area contributed by atoms with Gasteiger partial charge in [0.25, 0.3) is 16.7 Å². The van der Waals surface area contributed by atoms with Gasteiger partial charge in [0.05, 0.1) is 40.0 Å². The van der Waals surface area contributed by atoms with Gasteiger partial charge in [-0.25, -0.2) is 29.5 Å². The van der Waals surface area contributed by atoms with Gasteiger partial charge < -0.3 is 43.4 Å². The lowest BCUT2D eigenvalue weighted by Gasteiger charge is -2.28. The van der Waals surface area contributed by atoms with Gasteiger partial charge in [-0.15, -0.1) is 0 Å². The average molecular weight is 1310 g/mol. The van der Waals surface area contributed by atoms with Crippen LogP contribution in [0.25, 0.3) is 51.7 Å². The lowest BCUT2D eigenvalue weighted by Crippen LogP contribution is -2.42. The zero-order valence-corrected chi connectivity index (χ0v) is 57.8. The molecular formula is C70H94N14O11. The molecule has 0 bridgehead atoms. The quantitative estimate of drug-likeness (QED) is 0.0180. The topological polar surface area (TPSA) is 317 Å². The minimum atomic E-state index is -0.689. The van der Waals surface area contributed by atoms with Crippen LogP contribution in [0.15, 0.2) is 65.4 Å². The fourth-order valence-corrected chi connectivity index (χ4v) is 10.9. The fraction of sp³-hybridized carbons (Fsp3) is 0.514. The van der Waals surface area contributed by atoms with E-state index < -0.39 is 33.7 Å². The van der Waals surface area contributed by atoms with Crippen LogP contribution < -0.4 is 54.0 Å². The van der Waals surface area contributed by atoms with Gasteiger partial charge in [0.15, 0.2) is 34.2 Å². The summed E-state index contributed by atoms with van der Waals surface area (Å²) in [5, 5.41) is 3.63. The molecule has 0 saturated carbocycles. The van der Waals surface area contributed by atoms with E-state index in [-0.39, 0.29) is 40.7 Å². The lowest BCUT2D eigenvalue weighted by molar-refractivity contribution is -0.156. The second kappa shape index (κ2) is 32.7. The Morgan fingerprint density at radius 1 is 0.547 bits per heavy atom. The minimum absolute atomic E-state index is 0.144. The van der Waals surface area contributed by atoms with Crippen molar-refractivity contribution in [2.45, 2.75) is 197 Å². The Kier molecular flexibility index (Phi) is 25.2. The monoisotopic (exact) mass is 1310 g/mol. The van der Waals surface area contributed by atoms with Gasteiger partial charge >= 0.3 is 29.3 Å². The Morgan fingerprint density at radius 3 is 1.62 bits per heavy atom. The van der Waals surface area contributed by atoms with Gasteiger partial charge in [0.2, 0.25) is 0 Å². The maximum Gasteiger partial charge on any atom is 0.349 e. The molecule has 510 valence electrons. The number of unbranched alkanes of at least 4 members (excludes halogenated alkanes) is 7. The molecule has 3 aromatic carbocycles. The molecule has 0 fully saturated rings. The Labute approximate surface area is 552 Å². The SMILES string of the molecule is C=c1nc2c(c(=O)[nH]1)=Nc1cc(C)c(C)cc1N2CCCCCCC(=O)OC(C)(C)C.CCCCOC(=O)CCCNCCn1c2nc(=O)[nH]c(=O)c-2nc2cc(C)c(C)cc21.Cc1cc2nc3c(=O)[nH]c(=O)nc-3n(CCCCCCC(=O)OC(C)(C)C)c2cc1N(C)C. The number of aryl methyl sites for hydroxylation is 6. The lowest BCUT2D eigenvalue weighted by atomic mass is 10.1. The molecule has 0 unspecified atom stereocenters. The summed E-state index contributed by atoms with van der Waals surface area (Å²) < 4.78 is 19.6. The second-order valence-corrected chi connectivity index (χ2v) is 26.4. The Balaban J connectivity index is 0.000000201. The second-order valence-electron chi connectivity index (χ2n) is 26.4. The molecule has 0 spiro atoms. The Bertz CT molecular complexity index is 4420. The van der Waals surface area contributed by atoms with Crippen LogP contribution in [0.1, 0.15) is 166 Å². The van der Waals surface area contributed by atoms with Crippen molar-refractivity contribution in [3.05, 3.63) is 127 Å². The number of benzene rings is 3. The van der Waals surface area contributed by atoms with Crippen LogP contribution in [-0.2, 0) is 41.7 Å². The van der Waals surface area contributed by atoms with Crippen molar-refractivity contribution in [2.24, 2.45) is 4.99 Å². The summed E-state index contributed by atoms with van der Waals surface area (Å²) in [5.74, 6) is 0.613. The molecule has 5 aliphatic heterocycles. The first-order chi connectivity index (χ1) is 44.9. The molecule has 25 heteroatoms. The summed E-state index contributed by atoms with van der Waals surface area (Å²) in [6, 6.07) is 12.0. The number of esters is 3. The molecule has 0 radical (unpaired) electrons. The first kappa shape index (κ1) is 73.2. The number of hydrogen-bond donors (Lipinski definition) is 4. The number of nitrogens with one attached hydrogen (secondary N) is 4. The van der Waals surface area contributed by atoms with Crippen LogP contribution >= 0.6 is 0 Å². The molecular weight excluding hydrogens is 1210 g/mol. The number of carbonyl (C=O) groups is 3. The summed E-state index contributed by atoms with van der Waals surface area (Å²) in [4.78, 5) is 134. The number of fused-ring (bicyclic) bond motifs is 6. The van der Waals surface area contributed by atoms with Crippen molar-refractivity contribution in [3.8, 4) is 23.0 Å². The zero-order chi connectivity index (χ0) is 69.5. The van der Waals surface area contributed by atoms with Crippen molar-refractivity contribution < 1.29 is 28.6 Å². The molecule has 4 N–H and O–H groups in total. The van der Waals surface area contributed by atoms with E-state index in [0.717, 1.165) is 115 Å². The Hall–Kier alpha value is -9.26. The molecule has 9 rings (SSSR count). The highest BCUT2D eigenvalue weighted by atomic mass is 16.6. The van der Waals surface area contributed by atoms with E-state index >= 15 is 0 Å². The van der Waals surface area contributed by atoms with Crippen molar-refractivity contribution in [2.75, 3.05) is 50.1 Å². The van der Waals surface area contributed by atoms with E-state index in [9.17, 15) is 38.4 Å². The molecule has 25 nitrogen and oxygen atoms in total. The van der Waals surface area contributed by atoms with Gasteiger partial charge in [-0.2, -0.15) is 9.97 Å². The highest BCUT2D eigenvalue weighted by Crippen LogP contribution is 2.37. The Morgan fingerprint density at radius 2 is 1.05 bits per heavy atom. The molecule has 95 heavy (non-hydrogen) atoms. The van der Waals surface area contributed by atoms with Gasteiger partial charge in [0, 0.05) is 65.2 Å². The molecule has 5 aliphatic rings. The molecule has 6 heterocycles. The van der Waals surface area contributed by atoms with Gasteiger partial charge in [0.1, 0.15) is 16.7 Å². The molecule has 1 aromatic heterocycles. The number of nitrogens with zero attached hydrogens (tertiary/aromatic N) is 10. The van der Waals surface area contributed by atoms with Gasteiger partial charge in [-0.1, -0.05) is 45.6 Å². The van der Waals surface area contributed by atoms with Gasteiger partial charge in [-0.3, -0.25) is 38.7 Å². The van der Waals surface area contributed by atoms with Crippen LogP contribution in [0.4, 0.5) is 22.9 Å². The summed E-state index contributed by atoms with van der Waals surface area (Å²) in [6.45, 7) is 30.7. The number of H-pyrrole nitrogens is 3. The number of hydrogen-bond acceptors (Lipinski definition) is 20. The zero-order valence-electron chi connectivity index (χ0n) is 57.8. The van der Waals surface area contributed by atoms with E-state index in [1.165, 1.54) is 5.56 Å². The third-order valence-corrected chi connectivity index (χ3v) is 15.8. The summed E-state index contributed by atoms with van der Waals surface area (Å²) >= 11 is 0. The number of anilines is 3. The third-order valence-electron chi connectivity index (χ3n) is 15.8. The van der Waals surface area contributed by atoms with E-state index in [0.29, 0.717) is 98.5 Å². The average Bonchev–Trinajstić information content (AvgIpc) is 0.773. The molecule has 0 atom stereocenters. The van der Waals surface area contributed by atoms with E-state index in [1.54, 1.807) is 0 Å². The normalized spacial score (nSPS) is 12.0. The van der Waals surface area contributed by atoms with E-state index in [2.05, 4.69) is 81.6 Å². The summed E-state index contributed by atoms with van der Waals surface area (Å²) in [7, 11) is 3.94. The third kappa shape index (κ3) is 20.4. The van der Waals surface area contributed by atoms with Crippen molar-refractivity contribution in [1.82, 2.24) is 54.3 Å². The van der Waals surface area contributed by atoms with Gasteiger partial charge in [-0.05, 0) is 185 Å². The predicted molar refractivity (Wildman–Crippen MR) is 370 cm³/mol. The van der Waals surface area contributed by atoms with Crippen LogP contribution in [-0.4, -0.2) is 118 Å². The fourth-order valence-electron chi connectivity index (χ4n) is 10.9. The molecule has 0 saturated heterocycles. The summed E-state index contributed by atoms with van der Waals surface area (Å²) in [5.41, 5.74) is 8.26. The standard InChI is InChI=1S/C24H33N5O4.C24H32N4O3.C22H29N5O4/c1-15-13-16-18(14-17(15)28(5)6)29(21-20(25-16)22(31)27-23(32)26-21)12-10-8-7-9-11-19(30)33-24(2,3)4;1-15-13-18-19(14-16(15)2)28(22-21(27-18)23(30)26-17(3)25-22)12-10-8-7-9-11-20(29)31-24(4,5)6;1-4-5-11-31-18(28)7-6-8-23-9-10-27-17-13-15(3)14(2)12-16(17)24-19-20(27)25-22(30)26-21(19)29/h13-14H,7-12H2,1-6H3,(H,27,31,32);13-14H,3,7-12H2,1-2,4-6H3,(H,26,30);12-13,23H,4-11H2,1-3H3,(H,26,29,30). The number of carbonyl (C=O) groups excluding carboxylic acids is 3. The molecule has 0 aliphatic carbocycles.